The van der Waals surface area contributed by atoms with Crippen molar-refractivity contribution in [2.24, 2.45) is 5.84 Å². The van der Waals surface area contributed by atoms with Crippen molar-refractivity contribution in [2.45, 2.75) is 18.9 Å². The highest BCUT2D eigenvalue weighted by Crippen LogP contribution is 2.28. The lowest BCUT2D eigenvalue weighted by atomic mass is 10.2. The first-order valence-corrected chi connectivity index (χ1v) is 7.07. The van der Waals surface area contributed by atoms with Crippen LogP contribution < -0.4 is 16.6 Å². The van der Waals surface area contributed by atoms with Gasteiger partial charge in [0.2, 0.25) is 0 Å². The van der Waals surface area contributed by atoms with Crippen LogP contribution in [0.1, 0.15) is 12.8 Å². The monoisotopic (exact) mass is 303 g/mol. The van der Waals surface area contributed by atoms with E-state index in [0.29, 0.717) is 11.9 Å². The van der Waals surface area contributed by atoms with Gasteiger partial charge < -0.3 is 10.7 Å². The second-order valence-corrected chi connectivity index (χ2v) is 5.53. The summed E-state index contributed by atoms with van der Waals surface area (Å²) in [6, 6.07) is 0.482. The molecule has 0 aliphatic carbocycles. The Morgan fingerprint density at radius 1 is 1.44 bits per heavy atom. The first-order chi connectivity index (χ1) is 7.81. The number of rotatable bonds is 3. The topological polar surface area (TPSA) is 75.9 Å². The molecule has 1 aromatic rings. The number of aromatic nitrogens is 2. The molecule has 1 atom stereocenters. The highest BCUT2D eigenvalue weighted by Gasteiger charge is 2.16. The Morgan fingerprint density at radius 3 is 2.94 bits per heavy atom. The van der Waals surface area contributed by atoms with Gasteiger partial charge in [0, 0.05) is 11.8 Å². The summed E-state index contributed by atoms with van der Waals surface area (Å²) in [4.78, 5) is 8.22. The number of anilines is 2. The fourth-order valence-corrected chi connectivity index (χ4v) is 3.12. The summed E-state index contributed by atoms with van der Waals surface area (Å²) in [6.45, 7) is 0. The lowest BCUT2D eigenvalue weighted by Crippen LogP contribution is -2.26. The molecule has 1 aliphatic rings. The van der Waals surface area contributed by atoms with Gasteiger partial charge in [0.1, 0.15) is 16.6 Å². The highest BCUT2D eigenvalue weighted by atomic mass is 79.9. The van der Waals surface area contributed by atoms with E-state index in [2.05, 4.69) is 36.6 Å². The summed E-state index contributed by atoms with van der Waals surface area (Å²) in [7, 11) is 0. The van der Waals surface area contributed by atoms with Crippen molar-refractivity contribution in [1.82, 2.24) is 9.97 Å². The van der Waals surface area contributed by atoms with Gasteiger partial charge >= 0.3 is 0 Å². The third-order valence-corrected chi connectivity index (χ3v) is 4.39. The minimum absolute atomic E-state index is 0.482. The van der Waals surface area contributed by atoms with Crippen LogP contribution in [0.5, 0.6) is 0 Å². The summed E-state index contributed by atoms with van der Waals surface area (Å²) in [5.41, 5.74) is 2.53. The normalized spacial score (nSPS) is 20.5. The molecule has 0 aromatic carbocycles. The number of nitrogens with one attached hydrogen (secondary N) is 2. The van der Waals surface area contributed by atoms with Gasteiger partial charge in [-0.3, -0.25) is 0 Å². The molecule has 16 heavy (non-hydrogen) atoms. The molecule has 1 unspecified atom stereocenters. The molecule has 2 heterocycles. The Labute approximate surface area is 107 Å². The van der Waals surface area contributed by atoms with Gasteiger partial charge in [0.25, 0.3) is 0 Å². The van der Waals surface area contributed by atoms with Crippen molar-refractivity contribution in [3.05, 3.63) is 10.8 Å². The molecule has 0 amide bonds. The van der Waals surface area contributed by atoms with Crippen LogP contribution in [0, 0.1) is 0 Å². The van der Waals surface area contributed by atoms with Gasteiger partial charge in [-0.2, -0.15) is 11.8 Å². The molecule has 7 heteroatoms. The lowest BCUT2D eigenvalue weighted by molar-refractivity contribution is 0.681. The zero-order valence-corrected chi connectivity index (χ0v) is 11.1. The van der Waals surface area contributed by atoms with Crippen molar-refractivity contribution in [2.75, 3.05) is 22.2 Å². The molecule has 1 fully saturated rings. The second kappa shape index (κ2) is 5.70. The van der Waals surface area contributed by atoms with E-state index >= 15 is 0 Å². The predicted molar refractivity (Wildman–Crippen MR) is 71.5 cm³/mol. The van der Waals surface area contributed by atoms with E-state index in [1.807, 2.05) is 11.8 Å². The van der Waals surface area contributed by atoms with E-state index in [4.69, 9.17) is 5.84 Å². The molecule has 0 bridgehead atoms. The van der Waals surface area contributed by atoms with Crippen LogP contribution in [-0.2, 0) is 0 Å². The largest absolute Gasteiger partial charge is 0.365 e. The highest BCUT2D eigenvalue weighted by molar-refractivity contribution is 9.10. The Kier molecular flexibility index (Phi) is 4.25. The molecule has 0 saturated carbocycles. The fourth-order valence-electron chi connectivity index (χ4n) is 1.62. The quantitative estimate of drug-likeness (QED) is 0.584. The molecule has 4 N–H and O–H groups in total. The fraction of sp³-hybridized carbons (Fsp3) is 0.556. The van der Waals surface area contributed by atoms with E-state index < -0.39 is 0 Å². The number of nitrogens with zero attached hydrogens (tertiary/aromatic N) is 2. The van der Waals surface area contributed by atoms with Crippen LogP contribution in [-0.4, -0.2) is 27.5 Å². The number of hydrogen-bond donors (Lipinski definition) is 3. The van der Waals surface area contributed by atoms with E-state index in [1.165, 1.54) is 24.9 Å². The molecule has 88 valence electrons. The summed E-state index contributed by atoms with van der Waals surface area (Å²) < 4.78 is 0.785. The number of thioether (sulfide) groups is 1. The average Bonchev–Trinajstić information content (AvgIpc) is 2.33. The van der Waals surface area contributed by atoms with Crippen LogP contribution in [0.4, 0.5) is 11.6 Å². The van der Waals surface area contributed by atoms with Crippen molar-refractivity contribution in [3.63, 3.8) is 0 Å². The number of hydrazine groups is 1. The molecule has 5 nitrogen and oxygen atoms in total. The van der Waals surface area contributed by atoms with Crippen molar-refractivity contribution < 1.29 is 0 Å². The average molecular weight is 304 g/mol. The van der Waals surface area contributed by atoms with Gasteiger partial charge in [-0.15, -0.1) is 0 Å². The van der Waals surface area contributed by atoms with Crippen LogP contribution in [0.3, 0.4) is 0 Å². The number of halogens is 1. The zero-order valence-electron chi connectivity index (χ0n) is 8.74. The molecule has 1 saturated heterocycles. The Morgan fingerprint density at radius 2 is 2.25 bits per heavy atom. The maximum Gasteiger partial charge on any atom is 0.159 e. The molecule has 0 spiro atoms. The van der Waals surface area contributed by atoms with Crippen molar-refractivity contribution in [1.29, 1.82) is 0 Å². The van der Waals surface area contributed by atoms with Crippen LogP contribution >= 0.6 is 27.7 Å². The van der Waals surface area contributed by atoms with Gasteiger partial charge in [0.15, 0.2) is 5.82 Å². The minimum atomic E-state index is 0.482. The summed E-state index contributed by atoms with van der Waals surface area (Å²) in [5, 5.41) is 3.41. The Bertz CT molecular complexity index is 356. The van der Waals surface area contributed by atoms with Crippen LogP contribution in [0.2, 0.25) is 0 Å². The molecule has 2 rings (SSSR count). The minimum Gasteiger partial charge on any atom is -0.365 e. The van der Waals surface area contributed by atoms with E-state index in [-0.39, 0.29) is 0 Å². The van der Waals surface area contributed by atoms with Gasteiger partial charge in [-0.1, -0.05) is 0 Å². The maximum absolute atomic E-state index is 5.35. The summed E-state index contributed by atoms with van der Waals surface area (Å²) >= 11 is 5.41. The lowest BCUT2D eigenvalue weighted by Gasteiger charge is -2.23. The number of nitrogen functional groups attached to an aromatic ring is 1. The van der Waals surface area contributed by atoms with E-state index in [0.717, 1.165) is 16.0 Å². The Balaban J connectivity index is 2.08. The third kappa shape index (κ3) is 2.78. The van der Waals surface area contributed by atoms with Crippen LogP contribution in [0.25, 0.3) is 0 Å². The first-order valence-electron chi connectivity index (χ1n) is 5.12. The molecule has 1 aliphatic heterocycles. The summed E-state index contributed by atoms with van der Waals surface area (Å²) in [6.07, 6.45) is 3.94. The second-order valence-electron chi connectivity index (χ2n) is 3.59. The maximum atomic E-state index is 5.35. The standard InChI is InChI=1S/C9H14BrN5S/c10-7-8(12-5-13-9(7)15-11)14-6-2-1-3-16-4-6/h5-6H,1-4,11H2,(H2,12,13,14,15). The van der Waals surface area contributed by atoms with E-state index in [9.17, 15) is 0 Å². The molecule has 1 aromatic heterocycles. The molecular weight excluding hydrogens is 290 g/mol. The predicted octanol–water partition coefficient (Wildman–Crippen LogP) is 1.83. The molecular formula is C9H14BrN5S. The first kappa shape index (κ1) is 11.9. The number of nitrogens with two attached hydrogens (primary N) is 1. The number of hydrogen-bond acceptors (Lipinski definition) is 6. The van der Waals surface area contributed by atoms with Gasteiger partial charge in [-0.25, -0.2) is 15.8 Å². The Hall–Kier alpha value is -0.530. The van der Waals surface area contributed by atoms with Crippen molar-refractivity contribution >= 4 is 39.3 Å². The van der Waals surface area contributed by atoms with Gasteiger partial charge in [0.05, 0.1) is 0 Å². The van der Waals surface area contributed by atoms with E-state index in [1.54, 1.807) is 0 Å². The van der Waals surface area contributed by atoms with Gasteiger partial charge in [-0.05, 0) is 34.5 Å². The molecule has 0 radical (unpaired) electrons. The van der Waals surface area contributed by atoms with Crippen molar-refractivity contribution in [3.8, 4) is 0 Å². The SMILES string of the molecule is NNc1ncnc(NC2CCCSC2)c1Br. The van der Waals surface area contributed by atoms with Crippen LogP contribution in [0.15, 0.2) is 10.8 Å². The smallest absolute Gasteiger partial charge is 0.159 e. The zero-order chi connectivity index (χ0) is 11.4. The third-order valence-electron chi connectivity index (χ3n) is 2.43. The summed E-state index contributed by atoms with van der Waals surface area (Å²) in [5.74, 6) is 9.14.